The Labute approximate surface area is 106 Å². The van der Waals surface area contributed by atoms with Gasteiger partial charge in [0.15, 0.2) is 5.82 Å². The molecule has 2 atom stereocenters. The number of rotatable bonds is 3. The number of nitrogens with zero attached hydrogens (tertiary/aromatic N) is 2. The lowest BCUT2D eigenvalue weighted by molar-refractivity contribution is -0.142. The maximum absolute atomic E-state index is 11.2. The van der Waals surface area contributed by atoms with Crippen molar-refractivity contribution < 1.29 is 9.90 Å². The van der Waals surface area contributed by atoms with Gasteiger partial charge in [-0.15, -0.1) is 0 Å². The zero-order valence-electron chi connectivity index (χ0n) is 10.4. The summed E-state index contributed by atoms with van der Waals surface area (Å²) in [4.78, 5) is 15.8. The van der Waals surface area contributed by atoms with Crippen LogP contribution < -0.4 is 0 Å². The zero-order chi connectivity index (χ0) is 12.5. The summed E-state index contributed by atoms with van der Waals surface area (Å²) in [5, 5.41) is 16.5. The maximum Gasteiger partial charge on any atom is 0.307 e. The predicted octanol–water partition coefficient (Wildman–Crippen LogP) is 2.43. The summed E-state index contributed by atoms with van der Waals surface area (Å²) in [6.07, 6.45) is 7.51. The summed E-state index contributed by atoms with van der Waals surface area (Å²) in [7, 11) is 0. The van der Waals surface area contributed by atoms with Crippen molar-refractivity contribution >= 4 is 5.97 Å². The number of carboxylic acids is 1. The molecule has 2 saturated carbocycles. The highest BCUT2D eigenvalue weighted by molar-refractivity contribution is 5.71. The first-order valence-corrected chi connectivity index (χ1v) is 6.90. The molecule has 1 heterocycles. The maximum atomic E-state index is 11.2. The van der Waals surface area contributed by atoms with Gasteiger partial charge < -0.3 is 5.11 Å². The van der Waals surface area contributed by atoms with Crippen molar-refractivity contribution in [3.8, 4) is 0 Å². The third kappa shape index (κ3) is 2.02. The lowest BCUT2D eigenvalue weighted by Crippen LogP contribution is -2.17. The van der Waals surface area contributed by atoms with Gasteiger partial charge in [0.1, 0.15) is 5.82 Å². The Morgan fingerprint density at radius 2 is 1.94 bits per heavy atom. The van der Waals surface area contributed by atoms with Gasteiger partial charge in [0.05, 0.1) is 5.92 Å². The van der Waals surface area contributed by atoms with Gasteiger partial charge in [-0.2, -0.15) is 5.10 Å². The number of nitrogens with one attached hydrogen (secondary N) is 1. The van der Waals surface area contributed by atoms with E-state index in [0.29, 0.717) is 5.92 Å². The van der Waals surface area contributed by atoms with Crippen LogP contribution >= 0.6 is 0 Å². The Morgan fingerprint density at radius 3 is 2.67 bits per heavy atom. The molecule has 1 aromatic heterocycles. The van der Waals surface area contributed by atoms with Crippen LogP contribution in [-0.2, 0) is 4.79 Å². The number of aliphatic carboxylic acids is 1. The molecule has 5 heteroatoms. The van der Waals surface area contributed by atoms with Crippen LogP contribution in [-0.4, -0.2) is 26.3 Å². The molecule has 0 amide bonds. The van der Waals surface area contributed by atoms with Crippen LogP contribution in [0.25, 0.3) is 0 Å². The van der Waals surface area contributed by atoms with Crippen molar-refractivity contribution in [2.24, 2.45) is 5.92 Å². The first kappa shape index (κ1) is 11.7. The first-order valence-electron chi connectivity index (χ1n) is 6.90. The summed E-state index contributed by atoms with van der Waals surface area (Å²) >= 11 is 0. The van der Waals surface area contributed by atoms with Crippen LogP contribution in [0.4, 0.5) is 0 Å². The second-order valence-corrected chi connectivity index (χ2v) is 5.54. The second-order valence-electron chi connectivity index (χ2n) is 5.54. The summed E-state index contributed by atoms with van der Waals surface area (Å²) in [5.74, 6) is 1.23. The molecule has 98 valence electrons. The van der Waals surface area contributed by atoms with E-state index in [-0.39, 0.29) is 11.8 Å². The average molecular weight is 249 g/mol. The first-order chi connectivity index (χ1) is 8.75. The summed E-state index contributed by atoms with van der Waals surface area (Å²) < 4.78 is 0. The number of carbonyl (C=O) groups is 1. The van der Waals surface area contributed by atoms with E-state index in [1.807, 2.05) is 0 Å². The number of H-pyrrole nitrogens is 1. The quantitative estimate of drug-likeness (QED) is 0.862. The van der Waals surface area contributed by atoms with E-state index in [1.165, 1.54) is 25.7 Å². The normalized spacial score (nSPS) is 28.9. The molecular formula is C13H19N3O2. The van der Waals surface area contributed by atoms with Gasteiger partial charge >= 0.3 is 5.97 Å². The van der Waals surface area contributed by atoms with Gasteiger partial charge in [-0.05, 0) is 25.7 Å². The van der Waals surface area contributed by atoms with Gasteiger partial charge in [0.2, 0.25) is 0 Å². The van der Waals surface area contributed by atoms with E-state index in [0.717, 1.165) is 30.9 Å². The van der Waals surface area contributed by atoms with Crippen LogP contribution in [0.2, 0.25) is 0 Å². The van der Waals surface area contributed by atoms with Crippen molar-refractivity contribution in [1.29, 1.82) is 0 Å². The SMILES string of the molecule is O=C(O)C1CCCC1c1nc(C2CCCC2)n[nH]1. The van der Waals surface area contributed by atoms with E-state index in [2.05, 4.69) is 15.2 Å². The molecule has 0 aromatic carbocycles. The molecule has 0 radical (unpaired) electrons. The Kier molecular flexibility index (Phi) is 3.06. The Bertz CT molecular complexity index is 437. The minimum atomic E-state index is -0.698. The molecule has 2 aliphatic rings. The standard InChI is InChI=1S/C13H19N3O2/c17-13(18)10-7-3-6-9(10)12-14-11(15-16-12)8-4-1-2-5-8/h8-10H,1-7H2,(H,17,18)(H,14,15,16). The molecule has 2 N–H and O–H groups in total. The second kappa shape index (κ2) is 4.71. The van der Waals surface area contributed by atoms with E-state index >= 15 is 0 Å². The highest BCUT2D eigenvalue weighted by Crippen LogP contribution is 2.39. The van der Waals surface area contributed by atoms with Crippen molar-refractivity contribution in [2.45, 2.75) is 56.8 Å². The molecule has 0 saturated heterocycles. The molecule has 2 fully saturated rings. The summed E-state index contributed by atoms with van der Waals surface area (Å²) in [6, 6.07) is 0. The molecule has 3 rings (SSSR count). The molecule has 2 aliphatic carbocycles. The van der Waals surface area contributed by atoms with Crippen LogP contribution in [0.15, 0.2) is 0 Å². The topological polar surface area (TPSA) is 78.9 Å². The van der Waals surface area contributed by atoms with Gasteiger partial charge in [-0.25, -0.2) is 4.98 Å². The Morgan fingerprint density at radius 1 is 1.17 bits per heavy atom. The average Bonchev–Trinajstić information content (AvgIpc) is 3.10. The smallest absolute Gasteiger partial charge is 0.307 e. The number of carboxylic acid groups (broad SMARTS) is 1. The largest absolute Gasteiger partial charge is 0.481 e. The number of aromatic nitrogens is 3. The number of aromatic amines is 1. The van der Waals surface area contributed by atoms with E-state index in [9.17, 15) is 9.90 Å². The summed E-state index contributed by atoms with van der Waals surface area (Å²) in [6.45, 7) is 0. The highest BCUT2D eigenvalue weighted by atomic mass is 16.4. The van der Waals surface area contributed by atoms with Crippen molar-refractivity contribution in [3.05, 3.63) is 11.6 Å². The van der Waals surface area contributed by atoms with Crippen LogP contribution in [0.1, 0.15) is 68.4 Å². The molecule has 0 bridgehead atoms. The van der Waals surface area contributed by atoms with Crippen molar-refractivity contribution in [3.63, 3.8) is 0 Å². The molecule has 1 aromatic rings. The Balaban J connectivity index is 1.78. The molecule has 0 spiro atoms. The number of hydrogen-bond donors (Lipinski definition) is 2. The predicted molar refractivity (Wildman–Crippen MR) is 65.3 cm³/mol. The van der Waals surface area contributed by atoms with E-state index < -0.39 is 5.97 Å². The molecular weight excluding hydrogens is 230 g/mol. The lowest BCUT2D eigenvalue weighted by Gasteiger charge is -2.12. The van der Waals surface area contributed by atoms with E-state index in [1.54, 1.807) is 0 Å². The fourth-order valence-corrected chi connectivity index (χ4v) is 3.40. The third-order valence-corrected chi connectivity index (χ3v) is 4.42. The van der Waals surface area contributed by atoms with Gasteiger partial charge in [-0.1, -0.05) is 19.3 Å². The van der Waals surface area contributed by atoms with Crippen LogP contribution in [0, 0.1) is 5.92 Å². The highest BCUT2D eigenvalue weighted by Gasteiger charge is 2.36. The minimum Gasteiger partial charge on any atom is -0.481 e. The van der Waals surface area contributed by atoms with Gasteiger partial charge in [0, 0.05) is 11.8 Å². The van der Waals surface area contributed by atoms with E-state index in [4.69, 9.17) is 0 Å². The monoisotopic (exact) mass is 249 g/mol. The van der Waals surface area contributed by atoms with Crippen molar-refractivity contribution in [1.82, 2.24) is 15.2 Å². The van der Waals surface area contributed by atoms with Crippen LogP contribution in [0.5, 0.6) is 0 Å². The lowest BCUT2D eigenvalue weighted by atomic mass is 9.95. The summed E-state index contributed by atoms with van der Waals surface area (Å²) in [5.41, 5.74) is 0. The molecule has 18 heavy (non-hydrogen) atoms. The third-order valence-electron chi connectivity index (χ3n) is 4.42. The fourth-order valence-electron chi connectivity index (χ4n) is 3.40. The molecule has 2 unspecified atom stereocenters. The van der Waals surface area contributed by atoms with Gasteiger partial charge in [-0.3, -0.25) is 9.89 Å². The minimum absolute atomic E-state index is 0.0325. The van der Waals surface area contributed by atoms with Crippen LogP contribution in [0.3, 0.4) is 0 Å². The molecule has 5 nitrogen and oxygen atoms in total. The van der Waals surface area contributed by atoms with Crippen molar-refractivity contribution in [2.75, 3.05) is 0 Å². The molecule has 0 aliphatic heterocycles. The fraction of sp³-hybridized carbons (Fsp3) is 0.769. The number of hydrogen-bond acceptors (Lipinski definition) is 3. The Hall–Kier alpha value is -1.39. The van der Waals surface area contributed by atoms with Gasteiger partial charge in [0.25, 0.3) is 0 Å². The zero-order valence-corrected chi connectivity index (χ0v) is 10.4.